The van der Waals surface area contributed by atoms with E-state index in [-0.39, 0.29) is 42.1 Å². The van der Waals surface area contributed by atoms with Gasteiger partial charge in [-0.2, -0.15) is 0 Å². The molecule has 11 heteroatoms. The molecule has 2 atom stereocenters. The summed E-state index contributed by atoms with van der Waals surface area (Å²) in [7, 11) is -4.32. The van der Waals surface area contributed by atoms with E-state index in [4.69, 9.17) is 27.9 Å². The number of nitrogens with zero attached hydrogens (tertiary/aromatic N) is 2. The number of carbonyl (C=O) groups excluding carboxylic acids is 2. The minimum Gasteiger partial charge on any atom is -0.492 e. The van der Waals surface area contributed by atoms with Crippen molar-refractivity contribution in [3.63, 3.8) is 0 Å². The van der Waals surface area contributed by atoms with Crippen molar-refractivity contribution in [2.24, 2.45) is 0 Å². The summed E-state index contributed by atoms with van der Waals surface area (Å²) < 4.78 is 35.4. The van der Waals surface area contributed by atoms with Crippen LogP contribution in [0.1, 0.15) is 38.3 Å². The Morgan fingerprint density at radius 1 is 0.809 bits per heavy atom. The third kappa shape index (κ3) is 9.50. The number of hydrogen-bond acceptors (Lipinski definition) is 5. The molecule has 0 aromatic heterocycles. The van der Waals surface area contributed by atoms with Crippen molar-refractivity contribution in [1.82, 2.24) is 10.2 Å². The van der Waals surface area contributed by atoms with Gasteiger partial charge in [0.25, 0.3) is 10.0 Å². The summed E-state index contributed by atoms with van der Waals surface area (Å²) in [5, 5.41) is 3.92. The maximum atomic E-state index is 14.6. The number of carbonyl (C=O) groups is 2. The van der Waals surface area contributed by atoms with E-state index in [0.717, 1.165) is 15.4 Å². The van der Waals surface area contributed by atoms with E-state index in [1.54, 1.807) is 55.5 Å². The summed E-state index contributed by atoms with van der Waals surface area (Å²) in [5.74, 6) is -0.628. The number of amides is 2. The highest BCUT2D eigenvalue weighted by atomic mass is 35.5. The average molecular weight is 697 g/mol. The minimum atomic E-state index is -4.32. The standard InChI is InChI=1S/C36H39Cl2N3O5S/c1-4-26(3)39-36(43)33(23-27-11-7-6-8-12-27)40(24-28-15-17-29(37)18-16-28)35(42)25-41(32-13-9-10-14-34(32)46-5-2)47(44,45)31-21-19-30(38)20-22-31/h6-22,26,33H,4-5,23-25H2,1-3H3,(H,39,43). The molecular weight excluding hydrogens is 657 g/mol. The molecule has 4 rings (SSSR count). The molecule has 4 aromatic rings. The molecule has 0 fully saturated rings. The van der Waals surface area contributed by atoms with E-state index >= 15 is 0 Å². The molecule has 8 nitrogen and oxygen atoms in total. The summed E-state index contributed by atoms with van der Waals surface area (Å²) in [6, 6.07) is 27.7. The Kier molecular flexibility index (Phi) is 12.7. The van der Waals surface area contributed by atoms with Crippen LogP contribution in [0.25, 0.3) is 0 Å². The second-order valence-electron chi connectivity index (χ2n) is 11.0. The number of hydrogen-bond donors (Lipinski definition) is 1. The van der Waals surface area contributed by atoms with Crippen molar-refractivity contribution in [1.29, 1.82) is 0 Å². The molecule has 47 heavy (non-hydrogen) atoms. The number of halogens is 2. The lowest BCUT2D eigenvalue weighted by molar-refractivity contribution is -0.140. The Morgan fingerprint density at radius 2 is 1.40 bits per heavy atom. The second-order valence-corrected chi connectivity index (χ2v) is 13.8. The van der Waals surface area contributed by atoms with Crippen molar-refractivity contribution in [3.8, 4) is 5.75 Å². The molecule has 0 heterocycles. The molecule has 0 aliphatic carbocycles. The molecular formula is C36H39Cl2N3O5S. The van der Waals surface area contributed by atoms with Crippen LogP contribution in [-0.2, 0) is 32.6 Å². The van der Waals surface area contributed by atoms with Gasteiger partial charge in [-0.25, -0.2) is 8.42 Å². The van der Waals surface area contributed by atoms with E-state index in [0.29, 0.717) is 22.2 Å². The molecule has 0 bridgehead atoms. The molecule has 0 aliphatic rings. The molecule has 0 aliphatic heterocycles. The molecule has 2 amide bonds. The topological polar surface area (TPSA) is 96.0 Å². The van der Waals surface area contributed by atoms with Crippen molar-refractivity contribution in [2.75, 3.05) is 17.5 Å². The summed E-state index contributed by atoms with van der Waals surface area (Å²) in [6.45, 7) is 5.35. The van der Waals surface area contributed by atoms with Crippen LogP contribution in [0, 0.1) is 0 Å². The normalized spacial score (nSPS) is 12.5. The lowest BCUT2D eigenvalue weighted by Crippen LogP contribution is -2.54. The summed E-state index contributed by atoms with van der Waals surface area (Å²) in [4.78, 5) is 30.0. The minimum absolute atomic E-state index is 0.0311. The van der Waals surface area contributed by atoms with Crippen LogP contribution in [0.4, 0.5) is 5.69 Å². The molecule has 0 spiro atoms. The van der Waals surface area contributed by atoms with Crippen LogP contribution in [0.5, 0.6) is 5.75 Å². The Labute approximate surface area is 287 Å². The fraction of sp³-hybridized carbons (Fsp3) is 0.278. The second kappa shape index (κ2) is 16.7. The quantitative estimate of drug-likeness (QED) is 0.143. The van der Waals surface area contributed by atoms with Crippen LogP contribution < -0.4 is 14.4 Å². The largest absolute Gasteiger partial charge is 0.492 e. The number of benzene rings is 4. The third-order valence-electron chi connectivity index (χ3n) is 7.65. The van der Waals surface area contributed by atoms with Gasteiger partial charge in [-0.15, -0.1) is 0 Å². The lowest BCUT2D eigenvalue weighted by atomic mass is 10.0. The van der Waals surface area contributed by atoms with Crippen molar-refractivity contribution in [2.45, 2.75) is 57.1 Å². The van der Waals surface area contributed by atoms with Gasteiger partial charge in [0.15, 0.2) is 0 Å². The highest BCUT2D eigenvalue weighted by Gasteiger charge is 2.35. The predicted octanol–water partition coefficient (Wildman–Crippen LogP) is 7.14. The Morgan fingerprint density at radius 3 is 2.02 bits per heavy atom. The predicted molar refractivity (Wildman–Crippen MR) is 187 cm³/mol. The van der Waals surface area contributed by atoms with E-state index in [2.05, 4.69) is 5.32 Å². The van der Waals surface area contributed by atoms with E-state index in [1.165, 1.54) is 29.2 Å². The zero-order chi connectivity index (χ0) is 34.0. The molecule has 0 saturated heterocycles. The van der Waals surface area contributed by atoms with Crippen LogP contribution in [0.3, 0.4) is 0 Å². The molecule has 248 valence electrons. The number of ether oxygens (including phenoxy) is 1. The highest BCUT2D eigenvalue weighted by Crippen LogP contribution is 2.33. The van der Waals surface area contributed by atoms with Gasteiger partial charge >= 0.3 is 0 Å². The number of anilines is 1. The Hall–Kier alpha value is -4.05. The number of sulfonamides is 1. The number of para-hydroxylation sites is 2. The van der Waals surface area contributed by atoms with Gasteiger partial charge in [-0.1, -0.05) is 84.7 Å². The zero-order valence-electron chi connectivity index (χ0n) is 26.6. The molecule has 0 saturated carbocycles. The highest BCUT2D eigenvalue weighted by molar-refractivity contribution is 7.92. The van der Waals surface area contributed by atoms with Gasteiger partial charge < -0.3 is 15.0 Å². The van der Waals surface area contributed by atoms with Crippen molar-refractivity contribution < 1.29 is 22.7 Å². The fourth-order valence-electron chi connectivity index (χ4n) is 4.97. The van der Waals surface area contributed by atoms with Gasteiger partial charge in [0.05, 0.1) is 17.2 Å². The van der Waals surface area contributed by atoms with Crippen molar-refractivity contribution in [3.05, 3.63) is 124 Å². The zero-order valence-corrected chi connectivity index (χ0v) is 28.9. The smallest absolute Gasteiger partial charge is 0.264 e. The van der Waals surface area contributed by atoms with Crippen LogP contribution in [0.15, 0.2) is 108 Å². The van der Waals surface area contributed by atoms with Crippen molar-refractivity contribution >= 4 is 50.7 Å². The summed E-state index contributed by atoms with van der Waals surface area (Å²) >= 11 is 12.2. The first-order chi connectivity index (χ1) is 22.5. The maximum absolute atomic E-state index is 14.6. The summed E-state index contributed by atoms with van der Waals surface area (Å²) in [5.41, 5.74) is 1.75. The monoisotopic (exact) mass is 695 g/mol. The first-order valence-corrected chi connectivity index (χ1v) is 17.6. The molecule has 1 N–H and O–H groups in total. The maximum Gasteiger partial charge on any atom is 0.264 e. The Bertz CT molecular complexity index is 1740. The Balaban J connectivity index is 1.84. The van der Waals surface area contributed by atoms with E-state index < -0.39 is 28.5 Å². The SMILES string of the molecule is CCOc1ccccc1N(CC(=O)N(Cc1ccc(Cl)cc1)C(Cc1ccccc1)C(=O)NC(C)CC)S(=O)(=O)c1ccc(Cl)cc1. The summed E-state index contributed by atoms with van der Waals surface area (Å²) in [6.07, 6.45) is 0.901. The first kappa shape index (κ1) is 35.8. The molecule has 2 unspecified atom stereocenters. The number of nitrogens with one attached hydrogen (secondary N) is 1. The fourth-order valence-corrected chi connectivity index (χ4v) is 6.65. The third-order valence-corrected chi connectivity index (χ3v) is 9.93. The lowest BCUT2D eigenvalue weighted by Gasteiger charge is -2.34. The number of rotatable bonds is 15. The van der Waals surface area contributed by atoms with Gasteiger partial charge in [0.1, 0.15) is 18.3 Å². The van der Waals surface area contributed by atoms with Gasteiger partial charge in [-0.3, -0.25) is 13.9 Å². The van der Waals surface area contributed by atoms with Gasteiger partial charge in [0.2, 0.25) is 11.8 Å². The molecule has 0 radical (unpaired) electrons. The van der Waals surface area contributed by atoms with E-state index in [9.17, 15) is 18.0 Å². The average Bonchev–Trinajstić information content (AvgIpc) is 3.07. The molecule has 4 aromatic carbocycles. The van der Waals surface area contributed by atoms with Crippen LogP contribution in [-0.4, -0.2) is 50.4 Å². The first-order valence-electron chi connectivity index (χ1n) is 15.4. The van der Waals surface area contributed by atoms with Gasteiger partial charge in [0, 0.05) is 29.1 Å². The van der Waals surface area contributed by atoms with Crippen LogP contribution in [0.2, 0.25) is 10.0 Å². The van der Waals surface area contributed by atoms with Crippen LogP contribution >= 0.6 is 23.2 Å². The van der Waals surface area contributed by atoms with E-state index in [1.807, 2.05) is 44.2 Å². The van der Waals surface area contributed by atoms with Gasteiger partial charge in [-0.05, 0) is 79.9 Å².